The molecule has 1 aromatic rings. The minimum atomic E-state index is 0.269. The molecule has 1 aromatic heterocycles. The normalized spacial score (nSPS) is 25.8. The molecule has 1 aliphatic rings. The molecule has 102 valence electrons. The van der Waals surface area contributed by atoms with Gasteiger partial charge in [0.25, 0.3) is 0 Å². The Morgan fingerprint density at radius 3 is 3.00 bits per heavy atom. The number of nitrogens with zero attached hydrogens (tertiary/aromatic N) is 1. The van der Waals surface area contributed by atoms with Crippen LogP contribution in [0.15, 0.2) is 22.8 Å². The highest BCUT2D eigenvalue weighted by atomic mass is 16.5. The van der Waals surface area contributed by atoms with E-state index < -0.39 is 0 Å². The zero-order valence-electron chi connectivity index (χ0n) is 11.6. The third-order valence-corrected chi connectivity index (χ3v) is 3.79. The Labute approximate surface area is 109 Å². The third kappa shape index (κ3) is 3.34. The van der Waals surface area contributed by atoms with Gasteiger partial charge in [-0.3, -0.25) is 4.90 Å². The van der Waals surface area contributed by atoms with Gasteiger partial charge in [0, 0.05) is 25.7 Å². The number of hydrogen-bond acceptors (Lipinski definition) is 4. The fourth-order valence-electron chi connectivity index (χ4n) is 2.56. The summed E-state index contributed by atoms with van der Waals surface area (Å²) in [6, 6.07) is 4.77. The Kier molecular flexibility index (Phi) is 4.80. The van der Waals surface area contributed by atoms with E-state index in [1.807, 2.05) is 12.1 Å². The van der Waals surface area contributed by atoms with Crippen LogP contribution in [0.3, 0.4) is 0 Å². The summed E-state index contributed by atoms with van der Waals surface area (Å²) >= 11 is 0. The van der Waals surface area contributed by atoms with Crippen molar-refractivity contribution in [1.29, 1.82) is 0 Å². The summed E-state index contributed by atoms with van der Waals surface area (Å²) in [5.41, 5.74) is 0. The maximum atomic E-state index is 5.60. The molecule has 0 saturated carbocycles. The van der Waals surface area contributed by atoms with E-state index in [-0.39, 0.29) is 6.04 Å². The average Bonchev–Trinajstić information content (AvgIpc) is 2.99. The molecule has 2 rings (SSSR count). The molecule has 0 aromatic carbocycles. The van der Waals surface area contributed by atoms with Crippen LogP contribution in [0.4, 0.5) is 0 Å². The van der Waals surface area contributed by atoms with E-state index in [9.17, 15) is 0 Å². The molecule has 0 radical (unpaired) electrons. The Bertz CT molecular complexity index is 340. The monoisotopic (exact) mass is 252 g/mol. The van der Waals surface area contributed by atoms with Gasteiger partial charge >= 0.3 is 0 Å². The van der Waals surface area contributed by atoms with Gasteiger partial charge < -0.3 is 14.5 Å². The smallest absolute Gasteiger partial charge is 0.120 e. The lowest BCUT2D eigenvalue weighted by atomic mass is 10.1. The summed E-state index contributed by atoms with van der Waals surface area (Å²) < 4.78 is 11.0. The summed E-state index contributed by atoms with van der Waals surface area (Å²) in [5.74, 6) is 0.996. The molecule has 0 bridgehead atoms. The van der Waals surface area contributed by atoms with E-state index in [2.05, 4.69) is 31.1 Å². The van der Waals surface area contributed by atoms with Gasteiger partial charge in [-0.2, -0.15) is 0 Å². The van der Waals surface area contributed by atoms with Crippen molar-refractivity contribution in [1.82, 2.24) is 10.2 Å². The molecule has 0 amide bonds. The van der Waals surface area contributed by atoms with Gasteiger partial charge in [-0.05, 0) is 39.4 Å². The first-order valence-electron chi connectivity index (χ1n) is 6.77. The van der Waals surface area contributed by atoms with Crippen molar-refractivity contribution in [3.63, 3.8) is 0 Å². The van der Waals surface area contributed by atoms with Crippen LogP contribution in [0.2, 0.25) is 0 Å². The van der Waals surface area contributed by atoms with Crippen LogP contribution in [0.1, 0.15) is 32.1 Å². The van der Waals surface area contributed by atoms with Crippen molar-refractivity contribution in [2.24, 2.45) is 0 Å². The lowest BCUT2D eigenvalue weighted by Crippen LogP contribution is -2.40. The number of nitrogens with one attached hydrogen (secondary N) is 1. The zero-order valence-corrected chi connectivity index (χ0v) is 11.6. The SMILES string of the molecule is CC(NCCN(C)C1CCOC1C)c1ccco1. The number of ether oxygens (including phenoxy) is 1. The van der Waals surface area contributed by atoms with E-state index in [0.717, 1.165) is 31.9 Å². The number of furan rings is 1. The molecule has 2 heterocycles. The van der Waals surface area contributed by atoms with Crippen LogP contribution >= 0.6 is 0 Å². The lowest BCUT2D eigenvalue weighted by Gasteiger charge is -2.27. The van der Waals surface area contributed by atoms with Crippen molar-refractivity contribution < 1.29 is 9.15 Å². The summed E-state index contributed by atoms with van der Waals surface area (Å²) in [5, 5.41) is 3.48. The van der Waals surface area contributed by atoms with Crippen LogP contribution < -0.4 is 5.32 Å². The second-order valence-corrected chi connectivity index (χ2v) is 5.10. The molecular formula is C14H24N2O2. The minimum absolute atomic E-state index is 0.269. The fraction of sp³-hybridized carbons (Fsp3) is 0.714. The Morgan fingerprint density at radius 2 is 2.39 bits per heavy atom. The first-order valence-corrected chi connectivity index (χ1v) is 6.77. The molecular weight excluding hydrogens is 228 g/mol. The van der Waals surface area contributed by atoms with Gasteiger partial charge in [0.05, 0.1) is 18.4 Å². The Morgan fingerprint density at radius 1 is 1.56 bits per heavy atom. The van der Waals surface area contributed by atoms with Gasteiger partial charge in [0.15, 0.2) is 0 Å². The highest BCUT2D eigenvalue weighted by molar-refractivity contribution is 5.02. The van der Waals surface area contributed by atoms with Gasteiger partial charge in [-0.25, -0.2) is 0 Å². The maximum Gasteiger partial charge on any atom is 0.120 e. The van der Waals surface area contributed by atoms with Gasteiger partial charge in [0.1, 0.15) is 5.76 Å². The van der Waals surface area contributed by atoms with Crippen LogP contribution in [-0.4, -0.2) is 43.8 Å². The molecule has 0 spiro atoms. The zero-order chi connectivity index (χ0) is 13.0. The van der Waals surface area contributed by atoms with Gasteiger partial charge in [-0.1, -0.05) is 0 Å². The summed E-state index contributed by atoms with van der Waals surface area (Å²) in [6.45, 7) is 7.17. The second-order valence-electron chi connectivity index (χ2n) is 5.10. The van der Waals surface area contributed by atoms with Gasteiger partial charge in [0.2, 0.25) is 0 Å². The van der Waals surface area contributed by atoms with E-state index in [1.54, 1.807) is 6.26 Å². The maximum absolute atomic E-state index is 5.60. The van der Waals surface area contributed by atoms with Crippen molar-refractivity contribution in [3.05, 3.63) is 24.2 Å². The summed E-state index contributed by atoms with van der Waals surface area (Å²) in [4.78, 5) is 2.39. The van der Waals surface area contributed by atoms with E-state index in [4.69, 9.17) is 9.15 Å². The number of rotatable bonds is 6. The second kappa shape index (κ2) is 6.36. The van der Waals surface area contributed by atoms with Crippen LogP contribution in [0.25, 0.3) is 0 Å². The van der Waals surface area contributed by atoms with Crippen LogP contribution in [-0.2, 0) is 4.74 Å². The largest absolute Gasteiger partial charge is 0.468 e. The molecule has 1 N–H and O–H groups in total. The molecule has 3 atom stereocenters. The van der Waals surface area contributed by atoms with Crippen LogP contribution in [0, 0.1) is 0 Å². The molecule has 4 heteroatoms. The summed E-state index contributed by atoms with van der Waals surface area (Å²) in [7, 11) is 2.18. The summed E-state index contributed by atoms with van der Waals surface area (Å²) in [6.07, 6.45) is 3.22. The molecule has 4 nitrogen and oxygen atoms in total. The molecule has 3 unspecified atom stereocenters. The van der Waals surface area contributed by atoms with Crippen molar-refractivity contribution in [3.8, 4) is 0 Å². The van der Waals surface area contributed by atoms with Crippen LogP contribution in [0.5, 0.6) is 0 Å². The predicted octanol–water partition coefficient (Wildman–Crippen LogP) is 2.04. The molecule has 0 aliphatic carbocycles. The van der Waals surface area contributed by atoms with Crippen molar-refractivity contribution in [2.45, 2.75) is 38.5 Å². The number of hydrogen-bond donors (Lipinski definition) is 1. The Balaban J connectivity index is 1.68. The molecule has 1 fully saturated rings. The fourth-order valence-corrected chi connectivity index (χ4v) is 2.56. The predicted molar refractivity (Wildman–Crippen MR) is 71.6 cm³/mol. The highest BCUT2D eigenvalue weighted by Gasteiger charge is 2.27. The Hall–Kier alpha value is -0.840. The molecule has 1 saturated heterocycles. The van der Waals surface area contributed by atoms with Crippen molar-refractivity contribution >= 4 is 0 Å². The minimum Gasteiger partial charge on any atom is -0.468 e. The molecule has 1 aliphatic heterocycles. The first kappa shape index (κ1) is 13.6. The average molecular weight is 252 g/mol. The van der Waals surface area contributed by atoms with Crippen molar-refractivity contribution in [2.75, 3.05) is 26.7 Å². The van der Waals surface area contributed by atoms with E-state index in [0.29, 0.717) is 12.1 Å². The third-order valence-electron chi connectivity index (χ3n) is 3.79. The quantitative estimate of drug-likeness (QED) is 0.840. The van der Waals surface area contributed by atoms with E-state index >= 15 is 0 Å². The topological polar surface area (TPSA) is 37.6 Å². The first-order chi connectivity index (χ1) is 8.68. The van der Waals surface area contributed by atoms with E-state index in [1.165, 1.54) is 0 Å². The molecule has 18 heavy (non-hydrogen) atoms. The lowest BCUT2D eigenvalue weighted by molar-refractivity contribution is 0.0837. The standard InChI is InChI=1S/C14H24N2O2/c1-11(14-5-4-9-18-14)15-7-8-16(3)13-6-10-17-12(13)2/h4-5,9,11-13,15H,6-8,10H2,1-3H3. The highest BCUT2D eigenvalue weighted by Crippen LogP contribution is 2.18. The van der Waals surface area contributed by atoms with Gasteiger partial charge in [-0.15, -0.1) is 0 Å². The number of likely N-dealkylation sites (N-methyl/N-ethyl adjacent to an activating group) is 1.